The van der Waals surface area contributed by atoms with E-state index in [0.717, 1.165) is 0 Å². The summed E-state index contributed by atoms with van der Waals surface area (Å²) in [5.74, 6) is 0. The van der Waals surface area contributed by atoms with Gasteiger partial charge in [0.25, 0.3) is 0 Å². The molecule has 75 valence electrons. The third kappa shape index (κ3) is 5.40. The van der Waals surface area contributed by atoms with Crippen LogP contribution in [0.15, 0.2) is 20.5 Å². The molecule has 0 aliphatic heterocycles. The van der Waals surface area contributed by atoms with Gasteiger partial charge in [0.05, 0.1) is 0 Å². The monoisotopic (exact) mass is 297 g/mol. The maximum Gasteiger partial charge on any atom is -0.147 e. The zero-order chi connectivity index (χ0) is 8.27. The molecule has 0 spiro atoms. The van der Waals surface area contributed by atoms with Gasteiger partial charge in [-0.05, 0) is 0 Å². The molecule has 0 unspecified atom stereocenters. The number of hydrogen-bond acceptors (Lipinski definition) is 0. The van der Waals surface area contributed by atoms with Crippen molar-refractivity contribution in [1.82, 2.24) is 0 Å². The molecule has 0 bridgehead atoms. The van der Waals surface area contributed by atoms with E-state index >= 15 is 0 Å². The molecule has 0 saturated heterocycles. The molecule has 0 heterocycles. The van der Waals surface area contributed by atoms with Gasteiger partial charge in [-0.15, -0.1) is 24.8 Å². The van der Waals surface area contributed by atoms with Crippen LogP contribution in [0.4, 0.5) is 0 Å². The topological polar surface area (TPSA) is 0 Å². The second-order valence-corrected chi connectivity index (χ2v) is 4.73. The summed E-state index contributed by atoms with van der Waals surface area (Å²) in [6.45, 7) is 4.50. The molecular formula is C10H17Cl2Zr. The summed E-state index contributed by atoms with van der Waals surface area (Å²) in [4.78, 5) is 0. The third-order valence-electron chi connectivity index (χ3n) is 2.15. The minimum atomic E-state index is 0. The largest absolute Gasteiger partial charge is 0.147 e. The van der Waals surface area contributed by atoms with Gasteiger partial charge in [-0.25, -0.2) is 0 Å². The van der Waals surface area contributed by atoms with Crippen molar-refractivity contribution >= 4 is 24.8 Å². The van der Waals surface area contributed by atoms with Gasteiger partial charge in [0.1, 0.15) is 0 Å². The fourth-order valence-electron chi connectivity index (χ4n) is 1.38. The first kappa shape index (κ1) is 16.4. The third-order valence-corrected chi connectivity index (χ3v) is 3.56. The Labute approximate surface area is 109 Å². The first-order valence-electron chi connectivity index (χ1n) is 4.35. The van der Waals surface area contributed by atoms with Crippen molar-refractivity contribution in [3.05, 3.63) is 20.5 Å². The first-order valence-corrected chi connectivity index (χ1v) is 5.57. The molecule has 0 atom stereocenters. The summed E-state index contributed by atoms with van der Waals surface area (Å²) in [6, 6.07) is 0. The summed E-state index contributed by atoms with van der Waals surface area (Å²) in [6.07, 6.45) is 7.68. The Balaban J connectivity index is 0. The van der Waals surface area contributed by atoms with Gasteiger partial charge in [0.2, 0.25) is 0 Å². The Kier molecular flexibility index (Phi) is 10.4. The van der Waals surface area contributed by atoms with Crippen LogP contribution in [0.25, 0.3) is 0 Å². The van der Waals surface area contributed by atoms with Crippen LogP contribution in [-0.4, -0.2) is 0 Å². The Morgan fingerprint density at radius 3 is 2.38 bits per heavy atom. The van der Waals surface area contributed by atoms with E-state index in [1.807, 2.05) is 0 Å². The second kappa shape index (κ2) is 8.27. The molecule has 0 aromatic heterocycles. The van der Waals surface area contributed by atoms with E-state index in [1.165, 1.54) is 31.3 Å². The Hall–Kier alpha value is 0.943. The van der Waals surface area contributed by atoms with Crippen molar-refractivity contribution in [2.75, 3.05) is 0 Å². The molecular weight excluding hydrogens is 282 g/mol. The van der Waals surface area contributed by atoms with Gasteiger partial charge in [-0.1, -0.05) is 0 Å². The van der Waals surface area contributed by atoms with Gasteiger partial charge in [0.15, 0.2) is 0 Å². The van der Waals surface area contributed by atoms with E-state index in [9.17, 15) is 0 Å². The number of hydrogen-bond donors (Lipinski definition) is 0. The smallest absolute Gasteiger partial charge is 0.147 e. The van der Waals surface area contributed by atoms with Crippen molar-refractivity contribution in [1.29, 1.82) is 0 Å². The van der Waals surface area contributed by atoms with Gasteiger partial charge >= 0.3 is 84.8 Å². The maximum atomic E-state index is 2.39. The summed E-state index contributed by atoms with van der Waals surface area (Å²) in [5.41, 5.74) is 3.20. The molecule has 0 amide bonds. The van der Waals surface area contributed by atoms with E-state index in [0.29, 0.717) is 0 Å². The predicted molar refractivity (Wildman–Crippen MR) is 59.4 cm³/mol. The number of halogens is 2. The van der Waals surface area contributed by atoms with Gasteiger partial charge in [-0.3, -0.25) is 0 Å². The quantitative estimate of drug-likeness (QED) is 0.733. The van der Waals surface area contributed by atoms with E-state index in [4.69, 9.17) is 0 Å². The number of allylic oxidation sites excluding steroid dienone is 4. The minimum Gasteiger partial charge on any atom is -0.147 e. The molecule has 0 saturated carbocycles. The summed E-state index contributed by atoms with van der Waals surface area (Å²) in [7, 11) is 0. The van der Waals surface area contributed by atoms with Crippen LogP contribution in [0.2, 0.25) is 0 Å². The standard InChI is InChI=1S/C10H15.2ClH.Zr/c1-3-4-5-10-7-6-9(2)8-10;;;/h8H,3-5,7H2,1-2H3;2*1H;. The molecule has 0 N–H and O–H groups in total. The van der Waals surface area contributed by atoms with E-state index in [1.54, 1.807) is 33.6 Å². The van der Waals surface area contributed by atoms with Crippen LogP contribution in [0.5, 0.6) is 0 Å². The van der Waals surface area contributed by atoms with E-state index in [-0.39, 0.29) is 24.8 Å². The fraction of sp³-hybridized carbons (Fsp3) is 0.600. The van der Waals surface area contributed by atoms with E-state index in [2.05, 4.69) is 19.9 Å². The van der Waals surface area contributed by atoms with Crippen molar-refractivity contribution in [3.63, 3.8) is 0 Å². The molecule has 1 aliphatic carbocycles. The summed E-state index contributed by atoms with van der Waals surface area (Å²) in [5, 5.41) is 0. The number of rotatable bonds is 3. The zero-order valence-electron chi connectivity index (χ0n) is 8.22. The van der Waals surface area contributed by atoms with Crippen LogP contribution in [0.3, 0.4) is 0 Å². The number of unbranched alkanes of at least 4 members (excludes halogenated alkanes) is 1. The normalized spacial score (nSPS) is 14.7. The first-order chi connectivity index (χ1) is 5.24. The van der Waals surface area contributed by atoms with Crippen molar-refractivity contribution in [2.24, 2.45) is 0 Å². The van der Waals surface area contributed by atoms with Crippen LogP contribution in [0, 0.1) is 0 Å². The molecule has 0 aromatic rings. The Morgan fingerprint density at radius 2 is 2.00 bits per heavy atom. The fourth-order valence-corrected chi connectivity index (χ4v) is 2.11. The van der Waals surface area contributed by atoms with Crippen LogP contribution in [0.1, 0.15) is 39.5 Å². The summed E-state index contributed by atoms with van der Waals surface area (Å²) < 4.78 is 1.66. The average molecular weight is 299 g/mol. The maximum absolute atomic E-state index is 2.39. The molecule has 0 aromatic carbocycles. The van der Waals surface area contributed by atoms with Gasteiger partial charge < -0.3 is 0 Å². The van der Waals surface area contributed by atoms with Crippen LogP contribution in [-0.2, 0) is 24.7 Å². The molecule has 0 fully saturated rings. The van der Waals surface area contributed by atoms with Crippen LogP contribution >= 0.6 is 24.8 Å². The van der Waals surface area contributed by atoms with Crippen molar-refractivity contribution < 1.29 is 24.7 Å². The second-order valence-electron chi connectivity index (χ2n) is 3.24. The molecule has 3 heteroatoms. The molecule has 13 heavy (non-hydrogen) atoms. The average Bonchev–Trinajstić information content (AvgIpc) is 2.28. The molecule has 1 rings (SSSR count). The van der Waals surface area contributed by atoms with Crippen molar-refractivity contribution in [2.45, 2.75) is 39.5 Å². The van der Waals surface area contributed by atoms with E-state index < -0.39 is 0 Å². The van der Waals surface area contributed by atoms with Crippen LogP contribution < -0.4 is 0 Å². The SMILES string of the molecule is CCCCC1=CC(C)=[C]([Zr])C1.Cl.Cl. The van der Waals surface area contributed by atoms with Crippen molar-refractivity contribution in [3.8, 4) is 0 Å². The molecule has 0 nitrogen and oxygen atoms in total. The van der Waals surface area contributed by atoms with Gasteiger partial charge in [-0.2, -0.15) is 0 Å². The predicted octanol–water partition coefficient (Wildman–Crippen LogP) is 4.17. The minimum absolute atomic E-state index is 0. The molecule has 0 radical (unpaired) electrons. The molecule has 1 aliphatic rings. The zero-order valence-corrected chi connectivity index (χ0v) is 12.3. The Bertz CT molecular complexity index is 207. The Morgan fingerprint density at radius 1 is 1.38 bits per heavy atom. The summed E-state index contributed by atoms with van der Waals surface area (Å²) >= 11 is 1.61. The van der Waals surface area contributed by atoms with Gasteiger partial charge in [0, 0.05) is 0 Å².